The van der Waals surface area contributed by atoms with E-state index in [2.05, 4.69) is 6.58 Å². The first kappa shape index (κ1) is 14.1. The van der Waals surface area contributed by atoms with Gasteiger partial charge in [0.15, 0.2) is 0 Å². The lowest BCUT2D eigenvalue weighted by Crippen LogP contribution is -2.05. The number of rotatable bonds is 4. The van der Waals surface area contributed by atoms with Gasteiger partial charge in [0.25, 0.3) is 0 Å². The van der Waals surface area contributed by atoms with Crippen LogP contribution in [0.2, 0.25) is 0 Å². The Morgan fingerprint density at radius 2 is 1.70 bits per heavy atom. The van der Waals surface area contributed by atoms with Crippen LogP contribution >= 0.6 is 0 Å². The van der Waals surface area contributed by atoms with Crippen molar-refractivity contribution >= 4 is 15.9 Å². The summed E-state index contributed by atoms with van der Waals surface area (Å²) in [5, 5.41) is 9.65. The Bertz CT molecular complexity index is 731. The third-order valence-corrected chi connectivity index (χ3v) is 3.99. The number of phenolic OH excluding ortho intramolecular Hbond substituents is 1. The molecule has 0 aliphatic rings. The molecule has 5 heteroatoms. The smallest absolute Gasteiger partial charge is 0.339 e. The molecule has 0 bridgehead atoms. The van der Waals surface area contributed by atoms with Crippen molar-refractivity contribution in [1.29, 1.82) is 0 Å². The number of para-hydroxylation sites is 1. The second-order valence-corrected chi connectivity index (χ2v) is 5.84. The van der Waals surface area contributed by atoms with Crippen LogP contribution in [0.25, 0.3) is 5.76 Å². The molecule has 2 rings (SSSR count). The molecule has 0 saturated carbocycles. The Morgan fingerprint density at radius 3 is 2.30 bits per heavy atom. The van der Waals surface area contributed by atoms with Gasteiger partial charge >= 0.3 is 10.1 Å². The fourth-order valence-electron chi connectivity index (χ4n) is 1.64. The van der Waals surface area contributed by atoms with Gasteiger partial charge in [0.05, 0.1) is 5.56 Å². The van der Waals surface area contributed by atoms with Gasteiger partial charge in [-0.3, -0.25) is 0 Å². The summed E-state index contributed by atoms with van der Waals surface area (Å²) in [6.45, 7) is 5.41. The molecule has 0 spiro atoms. The van der Waals surface area contributed by atoms with Crippen LogP contribution in [-0.2, 0) is 14.3 Å². The highest BCUT2D eigenvalue weighted by molar-refractivity contribution is 7.87. The van der Waals surface area contributed by atoms with Crippen LogP contribution in [0.5, 0.6) is 5.75 Å². The molecule has 0 atom stereocenters. The van der Waals surface area contributed by atoms with Crippen LogP contribution in [0.3, 0.4) is 0 Å². The van der Waals surface area contributed by atoms with E-state index in [0.717, 1.165) is 5.56 Å². The predicted octanol–water partition coefficient (Wildman–Crippen LogP) is 3.08. The Kier molecular flexibility index (Phi) is 3.81. The highest BCUT2D eigenvalue weighted by Crippen LogP contribution is 2.27. The Morgan fingerprint density at radius 1 is 1.10 bits per heavy atom. The zero-order valence-electron chi connectivity index (χ0n) is 10.9. The molecule has 0 fully saturated rings. The molecule has 20 heavy (non-hydrogen) atoms. The first-order valence-corrected chi connectivity index (χ1v) is 7.29. The summed E-state index contributed by atoms with van der Waals surface area (Å²) >= 11 is 0. The van der Waals surface area contributed by atoms with Crippen molar-refractivity contribution in [1.82, 2.24) is 0 Å². The van der Waals surface area contributed by atoms with Crippen molar-refractivity contribution in [2.45, 2.75) is 11.8 Å². The lowest BCUT2D eigenvalue weighted by atomic mass is 10.2. The topological polar surface area (TPSA) is 63.6 Å². The van der Waals surface area contributed by atoms with Crippen molar-refractivity contribution in [3.8, 4) is 5.75 Å². The van der Waals surface area contributed by atoms with E-state index in [1.54, 1.807) is 24.3 Å². The molecule has 0 radical (unpaired) electrons. The largest absolute Gasteiger partial charge is 0.507 e. The van der Waals surface area contributed by atoms with Gasteiger partial charge < -0.3 is 9.29 Å². The third kappa shape index (κ3) is 3.00. The number of benzene rings is 2. The molecule has 0 heterocycles. The van der Waals surface area contributed by atoms with Gasteiger partial charge in [-0.1, -0.05) is 36.4 Å². The van der Waals surface area contributed by atoms with E-state index in [4.69, 9.17) is 4.18 Å². The minimum absolute atomic E-state index is 0.0414. The van der Waals surface area contributed by atoms with Crippen LogP contribution in [0, 0.1) is 6.92 Å². The summed E-state index contributed by atoms with van der Waals surface area (Å²) in [6, 6.07) is 12.5. The molecule has 0 saturated heterocycles. The molecule has 104 valence electrons. The van der Waals surface area contributed by atoms with Gasteiger partial charge in [0.2, 0.25) is 0 Å². The molecule has 2 aromatic carbocycles. The van der Waals surface area contributed by atoms with Crippen molar-refractivity contribution in [3.63, 3.8) is 0 Å². The number of phenols is 1. The third-order valence-electron chi connectivity index (χ3n) is 2.72. The van der Waals surface area contributed by atoms with Crippen molar-refractivity contribution in [2.24, 2.45) is 0 Å². The monoisotopic (exact) mass is 290 g/mol. The predicted molar refractivity (Wildman–Crippen MR) is 76.6 cm³/mol. The molecule has 0 unspecified atom stereocenters. The molecule has 1 N–H and O–H groups in total. The number of aromatic hydroxyl groups is 1. The van der Waals surface area contributed by atoms with Gasteiger partial charge in [-0.05, 0) is 31.2 Å². The summed E-state index contributed by atoms with van der Waals surface area (Å²) in [5.41, 5.74) is 1.19. The molecular weight excluding hydrogens is 276 g/mol. The zero-order valence-corrected chi connectivity index (χ0v) is 11.7. The van der Waals surface area contributed by atoms with Crippen molar-refractivity contribution < 1.29 is 17.7 Å². The quantitative estimate of drug-likeness (QED) is 0.694. The maximum Gasteiger partial charge on any atom is 0.339 e. The molecular formula is C15H14O4S. The van der Waals surface area contributed by atoms with Gasteiger partial charge in [0, 0.05) is 0 Å². The summed E-state index contributed by atoms with van der Waals surface area (Å²) < 4.78 is 29.1. The van der Waals surface area contributed by atoms with E-state index in [0.29, 0.717) is 0 Å². The SMILES string of the molecule is C=C(OS(=O)(=O)c1ccc(C)cc1)c1ccccc1O. The second kappa shape index (κ2) is 5.38. The zero-order chi connectivity index (χ0) is 14.8. The average molecular weight is 290 g/mol. The standard InChI is InChI=1S/C15H14O4S/c1-11-7-9-13(10-8-11)20(17,18)19-12(2)14-5-3-4-6-15(14)16/h3-10,16H,2H2,1H3. The summed E-state index contributed by atoms with van der Waals surface area (Å²) in [4.78, 5) is 0.0414. The fraction of sp³-hybridized carbons (Fsp3) is 0.0667. The maximum atomic E-state index is 12.1. The van der Waals surface area contributed by atoms with E-state index in [-0.39, 0.29) is 22.0 Å². The average Bonchev–Trinajstić information content (AvgIpc) is 2.39. The van der Waals surface area contributed by atoms with Gasteiger partial charge in [-0.15, -0.1) is 0 Å². The highest BCUT2D eigenvalue weighted by atomic mass is 32.2. The number of hydrogen-bond donors (Lipinski definition) is 1. The Labute approximate surface area is 118 Å². The van der Waals surface area contributed by atoms with Gasteiger partial charge in [-0.2, -0.15) is 8.42 Å². The van der Waals surface area contributed by atoms with Gasteiger partial charge in [0.1, 0.15) is 16.4 Å². The summed E-state index contributed by atoms with van der Waals surface area (Å²) in [5.74, 6) is -0.208. The Balaban J connectivity index is 2.27. The first-order valence-electron chi connectivity index (χ1n) is 5.88. The van der Waals surface area contributed by atoms with Crippen LogP contribution < -0.4 is 0 Å². The fourth-order valence-corrected chi connectivity index (χ4v) is 2.56. The van der Waals surface area contributed by atoms with Crippen LogP contribution in [0.4, 0.5) is 0 Å². The van der Waals surface area contributed by atoms with Gasteiger partial charge in [-0.25, -0.2) is 0 Å². The van der Waals surface area contributed by atoms with Crippen LogP contribution in [-0.4, -0.2) is 13.5 Å². The Hall–Kier alpha value is -2.27. The van der Waals surface area contributed by atoms with E-state index >= 15 is 0 Å². The number of hydrogen-bond acceptors (Lipinski definition) is 4. The van der Waals surface area contributed by atoms with E-state index < -0.39 is 10.1 Å². The minimum atomic E-state index is -3.95. The minimum Gasteiger partial charge on any atom is -0.507 e. The molecule has 0 aromatic heterocycles. The number of aryl methyl sites for hydroxylation is 1. The van der Waals surface area contributed by atoms with Crippen LogP contribution in [0.1, 0.15) is 11.1 Å². The summed E-state index contributed by atoms with van der Waals surface area (Å²) in [6.07, 6.45) is 0. The molecule has 0 aliphatic heterocycles. The highest BCUT2D eigenvalue weighted by Gasteiger charge is 2.18. The van der Waals surface area contributed by atoms with E-state index in [1.807, 2.05) is 6.92 Å². The molecule has 0 amide bonds. The maximum absolute atomic E-state index is 12.1. The van der Waals surface area contributed by atoms with Crippen LogP contribution in [0.15, 0.2) is 60.0 Å². The second-order valence-electron chi connectivity index (χ2n) is 4.29. The lowest BCUT2D eigenvalue weighted by Gasteiger charge is -2.10. The molecule has 0 aliphatic carbocycles. The van der Waals surface area contributed by atoms with Crippen molar-refractivity contribution in [2.75, 3.05) is 0 Å². The summed E-state index contributed by atoms with van der Waals surface area (Å²) in [7, 11) is -3.95. The normalized spacial score (nSPS) is 11.1. The first-order chi connectivity index (χ1) is 9.40. The molecule has 4 nitrogen and oxygen atoms in total. The van der Waals surface area contributed by atoms with E-state index in [9.17, 15) is 13.5 Å². The lowest BCUT2D eigenvalue weighted by molar-refractivity contribution is 0.450. The molecule has 2 aromatic rings. The van der Waals surface area contributed by atoms with Crippen molar-refractivity contribution in [3.05, 3.63) is 66.2 Å². The van der Waals surface area contributed by atoms with E-state index in [1.165, 1.54) is 24.3 Å².